The molecule has 0 heterocycles. The Morgan fingerprint density at radius 1 is 0.424 bits per heavy atom. The average molecular weight is 901 g/mol. The Balaban J connectivity index is 0.000000602. The van der Waals surface area contributed by atoms with Crippen molar-refractivity contribution in [2.75, 3.05) is 0 Å². The molecule has 0 unspecified atom stereocenters. The third-order valence-corrected chi connectivity index (χ3v) is 42.3. The SMILES string of the molecule is CC(C)(C)[Si]([Te])(c1ccccc1)C(C)(C)C.CC(C)(C)[Si]([Te])(c1ccccc1)C(C)(C)C.[Pb]. The molecule has 0 aliphatic rings. The van der Waals surface area contributed by atoms with Gasteiger partial charge in [0.2, 0.25) is 0 Å². The maximum atomic E-state index is 2.44. The minimum atomic E-state index is -1.52. The largest absolute Gasteiger partial charge is 0 e. The Labute approximate surface area is 253 Å². The molecule has 33 heavy (non-hydrogen) atoms. The van der Waals surface area contributed by atoms with Crippen molar-refractivity contribution in [2.24, 2.45) is 0 Å². The molecule has 0 atom stereocenters. The number of benzene rings is 2. The van der Waals surface area contributed by atoms with Crippen LogP contribution in [0.25, 0.3) is 0 Å². The fourth-order valence-electron chi connectivity index (χ4n) is 5.33. The number of rotatable bonds is 2. The molecular weight excluding hydrogens is 855 g/mol. The molecule has 0 saturated carbocycles. The van der Waals surface area contributed by atoms with Crippen LogP contribution in [0.5, 0.6) is 0 Å². The molecule has 0 aliphatic heterocycles. The van der Waals surface area contributed by atoms with Crippen molar-refractivity contribution >= 4 is 91.9 Å². The fraction of sp³-hybridized carbons (Fsp3) is 0.571. The van der Waals surface area contributed by atoms with Crippen LogP contribution in [0.1, 0.15) is 83.1 Å². The van der Waals surface area contributed by atoms with Crippen LogP contribution in [0.15, 0.2) is 60.7 Å². The van der Waals surface area contributed by atoms with E-state index in [-0.39, 0.29) is 27.3 Å². The zero-order chi connectivity index (χ0) is 25.2. The summed E-state index contributed by atoms with van der Waals surface area (Å²) < 4.78 is 0. The van der Waals surface area contributed by atoms with E-state index < -0.39 is 11.2 Å². The summed E-state index contributed by atoms with van der Waals surface area (Å²) in [5, 5.41) is 4.71. The van der Waals surface area contributed by atoms with Gasteiger partial charge >= 0.3 is 229 Å². The second-order valence-electron chi connectivity index (χ2n) is 13.1. The summed E-state index contributed by atoms with van der Waals surface area (Å²) in [6.07, 6.45) is 0. The van der Waals surface area contributed by atoms with Gasteiger partial charge < -0.3 is 0 Å². The first-order chi connectivity index (χ1) is 14.2. The Morgan fingerprint density at radius 2 is 0.606 bits per heavy atom. The number of hydrogen-bond donors (Lipinski definition) is 0. The minimum Gasteiger partial charge on any atom is 0 e. The first kappa shape index (κ1) is 34.4. The van der Waals surface area contributed by atoms with E-state index in [2.05, 4.69) is 187 Å². The molecule has 0 bridgehead atoms. The van der Waals surface area contributed by atoms with E-state index in [0.717, 1.165) is 0 Å². The third-order valence-electron chi connectivity index (χ3n) is 6.59. The quantitative estimate of drug-likeness (QED) is 0.290. The van der Waals surface area contributed by atoms with E-state index in [1.807, 2.05) is 0 Å². The molecule has 0 saturated heterocycles. The summed E-state index contributed by atoms with van der Waals surface area (Å²) in [6, 6.07) is 22.3. The molecule has 0 aliphatic carbocycles. The van der Waals surface area contributed by atoms with Gasteiger partial charge in [0, 0.05) is 27.3 Å². The first-order valence-electron chi connectivity index (χ1n) is 11.7. The van der Waals surface area contributed by atoms with Crippen LogP contribution in [0.2, 0.25) is 20.2 Å². The van der Waals surface area contributed by atoms with Gasteiger partial charge in [0.25, 0.3) is 0 Å². The van der Waals surface area contributed by atoms with Gasteiger partial charge in [0.15, 0.2) is 0 Å². The molecule has 0 N–H and O–H groups in total. The normalized spacial score (nSPS) is 13.5. The third kappa shape index (κ3) is 7.69. The van der Waals surface area contributed by atoms with Crippen LogP contribution in [-0.2, 0) is 0 Å². The second-order valence-corrected chi connectivity index (χ2v) is 33.5. The zero-order valence-corrected chi connectivity index (χ0v) is 33.6. The van der Waals surface area contributed by atoms with Crippen LogP contribution < -0.4 is 10.4 Å². The van der Waals surface area contributed by atoms with Crippen molar-refractivity contribution < 1.29 is 0 Å². The number of hydrogen-bond acceptors (Lipinski definition) is 0. The van der Waals surface area contributed by atoms with Crippen molar-refractivity contribution in [3.8, 4) is 0 Å². The van der Waals surface area contributed by atoms with Crippen molar-refractivity contribution in [1.29, 1.82) is 0 Å². The van der Waals surface area contributed by atoms with E-state index in [1.165, 1.54) is 0 Å². The maximum Gasteiger partial charge on any atom is 0 e. The molecule has 6 radical (unpaired) electrons. The molecule has 2 aromatic carbocycles. The van der Waals surface area contributed by atoms with Crippen LogP contribution in [-0.4, -0.2) is 81.6 Å². The van der Waals surface area contributed by atoms with Crippen molar-refractivity contribution in [2.45, 2.75) is 103 Å². The molecular formula is C28H46PbSi2Te2. The summed E-state index contributed by atoms with van der Waals surface area (Å²) in [6.45, 7) is 28.8. The Hall–Kier alpha value is 1.38. The molecule has 0 amide bonds. The van der Waals surface area contributed by atoms with E-state index in [1.54, 1.807) is 10.4 Å². The van der Waals surface area contributed by atoms with E-state index in [9.17, 15) is 0 Å². The molecule has 0 aromatic heterocycles. The Kier molecular flexibility index (Phi) is 12.8. The summed E-state index contributed by atoms with van der Waals surface area (Å²) in [4.78, 5) is 0. The van der Waals surface area contributed by atoms with Gasteiger partial charge in [-0.3, -0.25) is 0 Å². The second kappa shape index (κ2) is 12.3. The Bertz CT molecular complexity index is 738. The van der Waals surface area contributed by atoms with Gasteiger partial charge in [0.1, 0.15) is 0 Å². The summed E-state index contributed by atoms with van der Waals surface area (Å²) >= 11 is 4.88. The molecule has 0 nitrogen and oxygen atoms in total. The van der Waals surface area contributed by atoms with Crippen molar-refractivity contribution in [3.05, 3.63) is 60.7 Å². The Morgan fingerprint density at radius 3 is 0.758 bits per heavy atom. The van der Waals surface area contributed by atoms with Crippen LogP contribution in [0.3, 0.4) is 0 Å². The average Bonchev–Trinajstić information content (AvgIpc) is 2.65. The first-order valence-corrected chi connectivity index (χ1v) is 22.5. The van der Waals surface area contributed by atoms with Crippen LogP contribution >= 0.6 is 0 Å². The monoisotopic (exact) mass is 906 g/mol. The predicted molar refractivity (Wildman–Crippen MR) is 160 cm³/mol. The van der Waals surface area contributed by atoms with Gasteiger partial charge in [-0.1, -0.05) is 0 Å². The van der Waals surface area contributed by atoms with E-state index in [0.29, 0.717) is 20.2 Å². The molecule has 0 fully saturated rings. The van der Waals surface area contributed by atoms with Crippen molar-refractivity contribution in [3.63, 3.8) is 0 Å². The molecule has 0 spiro atoms. The standard InChI is InChI=1S/2C14H23SiTe.Pb/c2*1-13(2,3)15(16,14(4,5)6)12-10-8-7-9-11-12;/h2*7-11H,1-6H3;. The zero-order valence-electron chi connectivity index (χ0n) is 23.1. The maximum absolute atomic E-state index is 2.44. The van der Waals surface area contributed by atoms with Gasteiger partial charge in [0.05, 0.1) is 0 Å². The van der Waals surface area contributed by atoms with Gasteiger partial charge in [-0.25, -0.2) is 0 Å². The van der Waals surface area contributed by atoms with Crippen LogP contribution in [0.4, 0.5) is 0 Å². The van der Waals surface area contributed by atoms with Gasteiger partial charge in [-0.05, 0) is 0 Å². The summed E-state index contributed by atoms with van der Waals surface area (Å²) in [5.41, 5.74) is -3.04. The van der Waals surface area contributed by atoms with Crippen LogP contribution in [0, 0.1) is 0 Å². The van der Waals surface area contributed by atoms with Gasteiger partial charge in [-0.2, -0.15) is 0 Å². The topological polar surface area (TPSA) is 0 Å². The molecule has 2 aromatic rings. The molecule has 182 valence electrons. The summed E-state index contributed by atoms with van der Waals surface area (Å²) in [7, 11) is 0. The van der Waals surface area contributed by atoms with E-state index >= 15 is 0 Å². The van der Waals surface area contributed by atoms with Gasteiger partial charge in [-0.15, -0.1) is 0 Å². The summed E-state index contributed by atoms with van der Waals surface area (Å²) in [5.74, 6) is 0. The van der Waals surface area contributed by atoms with Crippen molar-refractivity contribution in [1.82, 2.24) is 0 Å². The molecule has 5 heteroatoms. The van der Waals surface area contributed by atoms with E-state index in [4.69, 9.17) is 0 Å². The minimum absolute atomic E-state index is 0. The predicted octanol–water partition coefficient (Wildman–Crippen LogP) is 6.83. The fourth-order valence-corrected chi connectivity index (χ4v) is 16.9. The smallest absolute Gasteiger partial charge is 0 e. The molecule has 2 rings (SSSR count).